The number of rotatable bonds is 63. The van der Waals surface area contributed by atoms with Gasteiger partial charge in [-0.15, -0.1) is 0 Å². The molecule has 0 radical (unpaired) electrons. The summed E-state index contributed by atoms with van der Waals surface area (Å²) in [5.74, 6) is -0.890. The summed E-state index contributed by atoms with van der Waals surface area (Å²) in [5, 5.41) is 0. The highest BCUT2D eigenvalue weighted by molar-refractivity contribution is 7.45. The van der Waals surface area contributed by atoms with Gasteiger partial charge in [-0.2, -0.15) is 0 Å². The van der Waals surface area contributed by atoms with E-state index in [1.54, 1.807) is 0 Å². The average Bonchev–Trinajstić information content (AvgIpc) is 3.68. The summed E-state index contributed by atoms with van der Waals surface area (Å²) in [6, 6.07) is 0. The summed E-state index contributed by atoms with van der Waals surface area (Å²) in [7, 11) is 1.12. The van der Waals surface area contributed by atoms with Crippen LogP contribution in [-0.4, -0.2) is 70.0 Å². The normalized spacial score (nSPS) is 14.1. The van der Waals surface area contributed by atoms with Crippen molar-refractivity contribution in [2.45, 2.75) is 277 Å². The van der Waals surface area contributed by atoms with E-state index in [1.165, 1.54) is 128 Å². The number of carbonyl (C=O) groups is 2. The van der Waals surface area contributed by atoms with Crippen LogP contribution in [0.4, 0.5) is 0 Å². The number of hydrogen-bond acceptors (Lipinski definition) is 8. The molecule has 10 heteroatoms. The van der Waals surface area contributed by atoms with Crippen LogP contribution in [-0.2, 0) is 32.7 Å². The lowest BCUT2D eigenvalue weighted by Crippen LogP contribution is -2.37. The van der Waals surface area contributed by atoms with Crippen LogP contribution in [0.5, 0.6) is 0 Å². The molecule has 0 saturated heterocycles. The van der Waals surface area contributed by atoms with E-state index in [2.05, 4.69) is 172 Å². The molecule has 0 fully saturated rings. The number of carbonyl (C=O) groups excluding carboxylic acids is 2. The number of likely N-dealkylation sites (N-methyl/N-ethyl adjacent to an activating group) is 1. The number of unbranched alkanes of at least 4 members (excludes halogenated alkanes) is 23. The minimum atomic E-state index is -4.66. The molecule has 500 valence electrons. The molecule has 2 unspecified atom stereocenters. The fraction of sp³-hybridized carbons (Fsp3) is 0.641. The first-order chi connectivity index (χ1) is 43.0. The fourth-order valence-electron chi connectivity index (χ4n) is 9.16. The Balaban J connectivity index is 4.20. The summed E-state index contributed by atoms with van der Waals surface area (Å²) in [6.45, 7) is 4.08. The van der Waals surface area contributed by atoms with Gasteiger partial charge in [0.2, 0.25) is 0 Å². The van der Waals surface area contributed by atoms with Crippen LogP contribution in [0.3, 0.4) is 0 Å². The van der Waals surface area contributed by atoms with Crippen molar-refractivity contribution in [3.63, 3.8) is 0 Å². The highest BCUT2D eigenvalue weighted by atomic mass is 31.2. The van der Waals surface area contributed by atoms with Gasteiger partial charge in [0.15, 0.2) is 6.10 Å². The minimum Gasteiger partial charge on any atom is -0.756 e. The van der Waals surface area contributed by atoms with E-state index in [4.69, 9.17) is 18.5 Å². The Kier molecular flexibility index (Phi) is 63.7. The van der Waals surface area contributed by atoms with Gasteiger partial charge in [-0.3, -0.25) is 14.2 Å². The number of esters is 2. The highest BCUT2D eigenvalue weighted by Crippen LogP contribution is 2.38. The lowest BCUT2D eigenvalue weighted by molar-refractivity contribution is -0.870. The SMILES string of the molecule is CC/C=C\C/C=C\C/C=C\C/C=C\C/C=C\C/C=C\C/C=C\C/C=C\C/C=C\C/C=C\C/C=C\C/C=C\CCCCC(=O)OC(COC(=O)CCCCCCCCCCCCCCC/C=C\CCCCCCCCCC)COP(=O)([O-])OCC[N+](C)(C)C. The van der Waals surface area contributed by atoms with Gasteiger partial charge in [-0.1, -0.05) is 287 Å². The number of phosphoric acid groups is 1. The van der Waals surface area contributed by atoms with Crippen LogP contribution in [0.1, 0.15) is 271 Å². The summed E-state index contributed by atoms with van der Waals surface area (Å²) >= 11 is 0. The molecule has 9 nitrogen and oxygen atoms in total. The van der Waals surface area contributed by atoms with Crippen molar-refractivity contribution in [1.29, 1.82) is 0 Å². The zero-order chi connectivity index (χ0) is 64.1. The number of quaternary nitrogens is 1. The van der Waals surface area contributed by atoms with E-state index in [0.29, 0.717) is 17.4 Å². The molecule has 88 heavy (non-hydrogen) atoms. The number of phosphoric ester groups is 1. The van der Waals surface area contributed by atoms with Crippen LogP contribution in [0, 0.1) is 0 Å². The summed E-state index contributed by atoms with van der Waals surface area (Å²) < 4.78 is 34.2. The molecule has 0 aliphatic heterocycles. The first-order valence-electron chi connectivity index (χ1n) is 35.2. The zero-order valence-electron chi connectivity index (χ0n) is 56.9. The quantitative estimate of drug-likeness (QED) is 0.0195. The van der Waals surface area contributed by atoms with Gasteiger partial charge in [-0.25, -0.2) is 0 Å². The van der Waals surface area contributed by atoms with Crippen molar-refractivity contribution >= 4 is 19.8 Å². The topological polar surface area (TPSA) is 111 Å². The van der Waals surface area contributed by atoms with E-state index in [9.17, 15) is 19.0 Å². The summed E-state index contributed by atoms with van der Waals surface area (Å²) in [5.41, 5.74) is 0. The van der Waals surface area contributed by atoms with E-state index < -0.39 is 32.5 Å². The standard InChI is InChI=1S/C78H130NO8P/c1-6-8-10-12-14-16-18-20-22-24-26-28-30-32-33-34-35-36-37-38-39-40-41-42-43-44-45-47-49-51-53-55-57-59-61-63-65-67-69-71-78(81)87-76(75-86-88(82,83)85-73-72-79(3,4)5)74-84-77(80)70-68-66-64-62-60-58-56-54-52-50-48-46-31-29-27-25-23-21-19-17-15-13-11-9-7-2/h8,10,14,16,20,22,25-28,32-33,35-36,38-39,41-42,44-45,49,51,55,57,61,63,76H,6-7,9,11-13,15,17-19,21,23-24,29-31,34,37,40,43,46-48,50,52-54,56,58-60,62,64-75H2,1-5H3/b10-8-,16-14-,22-20-,27-25-,28-26-,33-32-,36-35-,39-38-,42-41-,45-44-,51-49-,57-55-,63-61-. The van der Waals surface area contributed by atoms with E-state index >= 15 is 0 Å². The summed E-state index contributed by atoms with van der Waals surface area (Å²) in [4.78, 5) is 38.0. The monoisotopic (exact) mass is 1240 g/mol. The van der Waals surface area contributed by atoms with Gasteiger partial charge in [0.1, 0.15) is 19.8 Å². The molecule has 2 atom stereocenters. The highest BCUT2D eigenvalue weighted by Gasteiger charge is 2.22. The predicted molar refractivity (Wildman–Crippen MR) is 378 cm³/mol. The van der Waals surface area contributed by atoms with Crippen LogP contribution >= 0.6 is 7.82 Å². The van der Waals surface area contributed by atoms with Crippen molar-refractivity contribution in [2.24, 2.45) is 0 Å². The Morgan fingerprint density at radius 2 is 0.648 bits per heavy atom. The Bertz CT molecular complexity index is 2040. The van der Waals surface area contributed by atoms with Gasteiger partial charge in [0.05, 0.1) is 27.7 Å². The maximum atomic E-state index is 12.8. The van der Waals surface area contributed by atoms with Crippen molar-refractivity contribution in [3.8, 4) is 0 Å². The third-order valence-corrected chi connectivity index (χ3v) is 15.5. The van der Waals surface area contributed by atoms with Gasteiger partial charge in [0, 0.05) is 12.8 Å². The van der Waals surface area contributed by atoms with Gasteiger partial charge in [0.25, 0.3) is 7.82 Å². The largest absolute Gasteiger partial charge is 0.756 e. The molecule has 0 amide bonds. The van der Waals surface area contributed by atoms with Crippen LogP contribution in [0.2, 0.25) is 0 Å². The first-order valence-corrected chi connectivity index (χ1v) is 36.7. The second kappa shape index (κ2) is 67.0. The van der Waals surface area contributed by atoms with Gasteiger partial charge >= 0.3 is 11.9 Å². The number of hydrogen-bond donors (Lipinski definition) is 0. The third-order valence-electron chi connectivity index (χ3n) is 14.5. The molecule has 0 aromatic heterocycles. The molecule has 0 spiro atoms. The van der Waals surface area contributed by atoms with Crippen LogP contribution < -0.4 is 4.89 Å². The lowest BCUT2D eigenvalue weighted by atomic mass is 10.0. The summed E-state index contributed by atoms with van der Waals surface area (Å²) in [6.07, 6.45) is 100. The van der Waals surface area contributed by atoms with E-state index in [-0.39, 0.29) is 26.1 Å². The Labute approximate surface area is 541 Å². The molecular weight excluding hydrogens is 1110 g/mol. The number of allylic oxidation sites excluding steroid dienone is 26. The second-order valence-electron chi connectivity index (χ2n) is 24.2. The van der Waals surface area contributed by atoms with Gasteiger partial charge < -0.3 is 27.9 Å². The van der Waals surface area contributed by atoms with E-state index in [1.807, 2.05) is 21.1 Å². The molecule has 0 aromatic carbocycles. The average molecular weight is 1240 g/mol. The van der Waals surface area contributed by atoms with Crippen LogP contribution in [0.25, 0.3) is 0 Å². The maximum Gasteiger partial charge on any atom is 0.306 e. The third kappa shape index (κ3) is 70.7. The molecule has 0 rings (SSSR count). The maximum absolute atomic E-state index is 12.8. The van der Waals surface area contributed by atoms with Crippen molar-refractivity contribution in [3.05, 3.63) is 158 Å². The molecule has 0 saturated carbocycles. The second-order valence-corrected chi connectivity index (χ2v) is 25.6. The molecule has 0 aromatic rings. The van der Waals surface area contributed by atoms with E-state index in [0.717, 1.165) is 109 Å². The Hall–Kier alpha value is -4.37. The van der Waals surface area contributed by atoms with Crippen molar-refractivity contribution < 1.29 is 42.1 Å². The first kappa shape index (κ1) is 83.6. The molecule has 0 heterocycles. The minimum absolute atomic E-state index is 0.0470. The number of nitrogens with zero attached hydrogens (tertiary/aromatic N) is 1. The van der Waals surface area contributed by atoms with Gasteiger partial charge in [-0.05, 0) is 128 Å². The molecule has 0 aliphatic carbocycles. The van der Waals surface area contributed by atoms with Crippen molar-refractivity contribution in [2.75, 3.05) is 47.5 Å². The lowest BCUT2D eigenvalue weighted by Gasteiger charge is -2.28. The molecule has 0 aliphatic rings. The Morgan fingerprint density at radius 3 is 1.00 bits per heavy atom. The Morgan fingerprint density at radius 1 is 0.364 bits per heavy atom. The van der Waals surface area contributed by atoms with Crippen molar-refractivity contribution in [1.82, 2.24) is 0 Å². The smallest absolute Gasteiger partial charge is 0.306 e. The van der Waals surface area contributed by atoms with Crippen LogP contribution in [0.15, 0.2) is 158 Å². The molecule has 0 bridgehead atoms. The zero-order valence-corrected chi connectivity index (χ0v) is 57.8. The number of ether oxygens (including phenoxy) is 2. The fourth-order valence-corrected chi connectivity index (χ4v) is 9.89. The predicted octanol–water partition coefficient (Wildman–Crippen LogP) is 22.5. The molecule has 0 N–H and O–H groups in total. The molecular formula is C78H130NO8P.